The van der Waals surface area contributed by atoms with E-state index in [1.54, 1.807) is 0 Å². The van der Waals surface area contributed by atoms with Gasteiger partial charge in [-0.25, -0.2) is 9.97 Å². The summed E-state index contributed by atoms with van der Waals surface area (Å²) >= 11 is 1.50. The molecule has 0 spiro atoms. The van der Waals surface area contributed by atoms with Crippen LogP contribution in [-0.2, 0) is 0 Å². The third kappa shape index (κ3) is 3.63. The Kier molecular flexibility index (Phi) is 4.63. The first kappa shape index (κ1) is 15.1. The molecule has 2 aromatic rings. The molecule has 0 saturated heterocycles. The monoisotopic (exact) mass is 308 g/mol. The van der Waals surface area contributed by atoms with Crippen molar-refractivity contribution < 1.29 is 4.92 Å². The molecule has 2 heterocycles. The predicted octanol–water partition coefficient (Wildman–Crippen LogP) is 2.75. The summed E-state index contributed by atoms with van der Waals surface area (Å²) in [5.74, 6) is 0.541. The Morgan fingerprint density at radius 2 is 2.24 bits per heavy atom. The van der Waals surface area contributed by atoms with Crippen LogP contribution >= 0.6 is 11.3 Å². The highest BCUT2D eigenvalue weighted by molar-refractivity contribution is 7.09. The van der Waals surface area contributed by atoms with Gasteiger partial charge >= 0.3 is 5.69 Å². The average molecular weight is 308 g/mol. The number of anilines is 2. The van der Waals surface area contributed by atoms with Crippen molar-refractivity contribution in [2.45, 2.75) is 26.8 Å². The maximum absolute atomic E-state index is 11.1. The van der Waals surface area contributed by atoms with E-state index in [1.807, 2.05) is 26.2 Å². The van der Waals surface area contributed by atoms with Crippen molar-refractivity contribution in [2.75, 3.05) is 17.2 Å². The number of aryl methyl sites for hydroxylation is 1. The number of hydrogen-bond acceptors (Lipinski definition) is 8. The van der Waals surface area contributed by atoms with Crippen LogP contribution in [-0.4, -0.2) is 26.4 Å². The van der Waals surface area contributed by atoms with Gasteiger partial charge in [0.1, 0.15) is 11.2 Å². The Morgan fingerprint density at radius 1 is 1.48 bits per heavy atom. The van der Waals surface area contributed by atoms with E-state index < -0.39 is 4.92 Å². The van der Waals surface area contributed by atoms with Gasteiger partial charge < -0.3 is 10.6 Å². The molecule has 0 amide bonds. The molecule has 0 aliphatic heterocycles. The molecule has 0 aliphatic rings. The third-order valence-electron chi connectivity index (χ3n) is 2.66. The number of hydrogen-bond donors (Lipinski definition) is 2. The molecule has 0 fully saturated rings. The molecule has 2 N–H and O–H groups in total. The highest BCUT2D eigenvalue weighted by Crippen LogP contribution is 2.27. The smallest absolute Gasteiger partial charge is 0.329 e. The maximum atomic E-state index is 11.1. The van der Waals surface area contributed by atoms with E-state index in [2.05, 4.69) is 25.6 Å². The molecule has 1 unspecified atom stereocenters. The minimum atomic E-state index is -0.502. The van der Waals surface area contributed by atoms with Crippen molar-refractivity contribution in [1.29, 1.82) is 0 Å². The average Bonchev–Trinajstić information content (AvgIpc) is 2.86. The summed E-state index contributed by atoms with van der Waals surface area (Å²) in [6, 6.07) is -0.174. The zero-order valence-electron chi connectivity index (χ0n) is 12.0. The van der Waals surface area contributed by atoms with Crippen LogP contribution in [0.5, 0.6) is 0 Å². The summed E-state index contributed by atoms with van der Waals surface area (Å²) in [6.07, 6.45) is 1.20. The maximum Gasteiger partial charge on any atom is 0.329 e. The minimum Gasteiger partial charge on any atom is -0.355 e. The molecule has 0 bridgehead atoms. The van der Waals surface area contributed by atoms with E-state index in [0.29, 0.717) is 12.5 Å². The number of thiazole rings is 1. The Bertz CT molecular complexity index is 644. The van der Waals surface area contributed by atoms with Crippen LogP contribution in [0.3, 0.4) is 0 Å². The van der Waals surface area contributed by atoms with Crippen LogP contribution in [0.2, 0.25) is 0 Å². The summed E-state index contributed by atoms with van der Waals surface area (Å²) < 4.78 is 0. The van der Waals surface area contributed by atoms with E-state index in [1.165, 1.54) is 17.5 Å². The fourth-order valence-corrected chi connectivity index (χ4v) is 2.50. The number of nitro groups is 1. The SMILES string of the molecule is CCNc1ncc([N+](=O)[O-])c(NC(C)c2nc(C)cs2)n1. The van der Waals surface area contributed by atoms with Crippen LogP contribution in [0.4, 0.5) is 17.5 Å². The second-order valence-corrected chi connectivity index (χ2v) is 5.30. The topological polar surface area (TPSA) is 106 Å². The standard InChI is InChI=1S/C12H16N6O2S/c1-4-13-12-14-5-9(18(19)20)10(17-12)16-8(3)11-15-7(2)6-21-11/h5-6,8H,4H2,1-3H3,(H2,13,14,16,17). The number of nitrogens with one attached hydrogen (secondary N) is 2. The molecule has 0 aliphatic carbocycles. The zero-order chi connectivity index (χ0) is 15.4. The number of nitrogens with zero attached hydrogens (tertiary/aromatic N) is 4. The Balaban J connectivity index is 2.27. The molecular weight excluding hydrogens is 292 g/mol. The molecule has 0 radical (unpaired) electrons. The van der Waals surface area contributed by atoms with Gasteiger partial charge in [0.2, 0.25) is 11.8 Å². The van der Waals surface area contributed by atoms with Crippen molar-refractivity contribution in [3.63, 3.8) is 0 Å². The van der Waals surface area contributed by atoms with Crippen molar-refractivity contribution in [3.05, 3.63) is 32.4 Å². The fourth-order valence-electron chi connectivity index (χ4n) is 1.70. The first-order valence-electron chi connectivity index (χ1n) is 6.45. The van der Waals surface area contributed by atoms with Gasteiger partial charge in [0, 0.05) is 17.6 Å². The van der Waals surface area contributed by atoms with Gasteiger partial charge in [-0.3, -0.25) is 10.1 Å². The van der Waals surface area contributed by atoms with Crippen LogP contribution in [0.1, 0.15) is 30.6 Å². The molecule has 21 heavy (non-hydrogen) atoms. The molecular formula is C12H16N6O2S. The second kappa shape index (κ2) is 6.44. The molecule has 2 aromatic heterocycles. The minimum absolute atomic E-state index is 0.156. The van der Waals surface area contributed by atoms with E-state index in [9.17, 15) is 10.1 Å². The van der Waals surface area contributed by atoms with Crippen molar-refractivity contribution in [3.8, 4) is 0 Å². The quantitative estimate of drug-likeness (QED) is 0.624. The highest BCUT2D eigenvalue weighted by Gasteiger charge is 2.20. The van der Waals surface area contributed by atoms with Crippen LogP contribution in [0.15, 0.2) is 11.6 Å². The van der Waals surface area contributed by atoms with E-state index in [-0.39, 0.29) is 17.5 Å². The first-order valence-corrected chi connectivity index (χ1v) is 7.33. The van der Waals surface area contributed by atoms with Crippen LogP contribution in [0, 0.1) is 17.0 Å². The second-order valence-electron chi connectivity index (χ2n) is 4.41. The molecule has 0 saturated carbocycles. The molecule has 2 rings (SSSR count). The Hall–Kier alpha value is -2.29. The number of rotatable bonds is 6. The summed E-state index contributed by atoms with van der Waals surface area (Å²) in [7, 11) is 0. The van der Waals surface area contributed by atoms with Gasteiger partial charge in [-0.15, -0.1) is 11.3 Å². The van der Waals surface area contributed by atoms with Crippen molar-refractivity contribution in [1.82, 2.24) is 15.0 Å². The van der Waals surface area contributed by atoms with E-state index in [0.717, 1.165) is 10.7 Å². The lowest BCUT2D eigenvalue weighted by molar-refractivity contribution is -0.384. The van der Waals surface area contributed by atoms with E-state index >= 15 is 0 Å². The van der Waals surface area contributed by atoms with Gasteiger partial charge in [0.05, 0.1) is 11.0 Å². The van der Waals surface area contributed by atoms with Gasteiger partial charge in [0.15, 0.2) is 0 Å². The van der Waals surface area contributed by atoms with Gasteiger partial charge in [-0.05, 0) is 20.8 Å². The molecule has 112 valence electrons. The Labute approximate surface area is 125 Å². The lowest BCUT2D eigenvalue weighted by Gasteiger charge is -2.12. The van der Waals surface area contributed by atoms with Gasteiger partial charge in [-0.2, -0.15) is 4.98 Å². The summed E-state index contributed by atoms with van der Waals surface area (Å²) in [6.45, 7) is 6.33. The van der Waals surface area contributed by atoms with Gasteiger partial charge in [-0.1, -0.05) is 0 Å². The molecule has 1 atom stereocenters. The van der Waals surface area contributed by atoms with E-state index in [4.69, 9.17) is 0 Å². The number of aromatic nitrogens is 3. The zero-order valence-corrected chi connectivity index (χ0v) is 12.8. The first-order chi connectivity index (χ1) is 10.0. The Morgan fingerprint density at radius 3 is 2.81 bits per heavy atom. The normalized spacial score (nSPS) is 12.0. The summed E-state index contributed by atoms with van der Waals surface area (Å²) in [5, 5.41) is 19.8. The molecule has 0 aromatic carbocycles. The van der Waals surface area contributed by atoms with Crippen molar-refractivity contribution >= 4 is 28.8 Å². The van der Waals surface area contributed by atoms with Crippen molar-refractivity contribution in [2.24, 2.45) is 0 Å². The molecule has 9 heteroatoms. The summed E-state index contributed by atoms with van der Waals surface area (Å²) in [4.78, 5) is 23.0. The summed E-state index contributed by atoms with van der Waals surface area (Å²) in [5.41, 5.74) is 0.769. The highest BCUT2D eigenvalue weighted by atomic mass is 32.1. The largest absolute Gasteiger partial charge is 0.355 e. The predicted molar refractivity (Wildman–Crippen MR) is 81.7 cm³/mol. The lowest BCUT2D eigenvalue weighted by Crippen LogP contribution is -2.12. The van der Waals surface area contributed by atoms with Crippen LogP contribution < -0.4 is 10.6 Å². The van der Waals surface area contributed by atoms with Crippen LogP contribution in [0.25, 0.3) is 0 Å². The third-order valence-corrected chi connectivity index (χ3v) is 3.81. The van der Waals surface area contributed by atoms with Gasteiger partial charge in [0.25, 0.3) is 0 Å². The fraction of sp³-hybridized carbons (Fsp3) is 0.417. The molecule has 8 nitrogen and oxygen atoms in total. The lowest BCUT2D eigenvalue weighted by atomic mass is 10.3.